The maximum atomic E-state index is 12.9. The second-order valence-corrected chi connectivity index (χ2v) is 8.21. The van der Waals surface area contributed by atoms with E-state index in [9.17, 15) is 14.9 Å². The van der Waals surface area contributed by atoms with E-state index in [-0.39, 0.29) is 11.6 Å². The maximum Gasteiger partial charge on any atom is 0.283 e. The fraction of sp³-hybridized carbons (Fsp3) is 0.0833. The zero-order valence-corrected chi connectivity index (χ0v) is 17.8. The van der Waals surface area contributed by atoms with Gasteiger partial charge >= 0.3 is 0 Å². The van der Waals surface area contributed by atoms with Gasteiger partial charge in [-0.05, 0) is 55.8 Å². The summed E-state index contributed by atoms with van der Waals surface area (Å²) in [5, 5.41) is 17.4. The Morgan fingerprint density at radius 3 is 2.39 bits per heavy atom. The van der Waals surface area contributed by atoms with Gasteiger partial charge in [0.05, 0.1) is 26.8 Å². The Balaban J connectivity index is 1.64. The minimum absolute atomic E-state index is 0.000113. The third-order valence-electron chi connectivity index (χ3n) is 4.80. The SMILES string of the molecule is CC1=NN(c2ccccc2)C(=O)/C1=C/c1ccc(Sc2ccc(C)cc2)c([N+](=O)[O-])c1. The molecule has 0 saturated heterocycles. The van der Waals surface area contributed by atoms with Gasteiger partial charge in [-0.25, -0.2) is 0 Å². The molecule has 7 heteroatoms. The normalized spacial score (nSPS) is 14.8. The number of rotatable bonds is 5. The summed E-state index contributed by atoms with van der Waals surface area (Å²) in [4.78, 5) is 25.6. The van der Waals surface area contributed by atoms with Crippen LogP contribution >= 0.6 is 11.8 Å². The number of carbonyl (C=O) groups is 1. The molecule has 0 bridgehead atoms. The van der Waals surface area contributed by atoms with Crippen LogP contribution in [0.5, 0.6) is 0 Å². The first-order valence-electron chi connectivity index (χ1n) is 9.62. The fourth-order valence-corrected chi connectivity index (χ4v) is 4.08. The summed E-state index contributed by atoms with van der Waals surface area (Å²) in [6, 6.07) is 22.0. The highest BCUT2D eigenvalue weighted by atomic mass is 32.2. The summed E-state index contributed by atoms with van der Waals surface area (Å²) in [5.74, 6) is -0.260. The van der Waals surface area contributed by atoms with E-state index in [1.807, 2.05) is 49.4 Å². The Morgan fingerprint density at radius 2 is 1.71 bits per heavy atom. The van der Waals surface area contributed by atoms with Crippen molar-refractivity contribution in [3.63, 3.8) is 0 Å². The molecule has 0 unspecified atom stereocenters. The van der Waals surface area contributed by atoms with E-state index in [1.165, 1.54) is 22.8 Å². The first kappa shape index (κ1) is 20.6. The van der Waals surface area contributed by atoms with Crippen molar-refractivity contribution in [3.8, 4) is 0 Å². The molecule has 31 heavy (non-hydrogen) atoms. The number of aryl methyl sites for hydroxylation is 1. The van der Waals surface area contributed by atoms with Crippen LogP contribution in [0, 0.1) is 17.0 Å². The van der Waals surface area contributed by atoms with E-state index in [1.54, 1.807) is 37.3 Å². The van der Waals surface area contributed by atoms with Gasteiger partial charge in [0.15, 0.2) is 0 Å². The summed E-state index contributed by atoms with van der Waals surface area (Å²) < 4.78 is 0. The van der Waals surface area contributed by atoms with Crippen molar-refractivity contribution < 1.29 is 9.72 Å². The number of amides is 1. The van der Waals surface area contributed by atoms with Crippen LogP contribution in [-0.2, 0) is 4.79 Å². The Bertz CT molecular complexity index is 1220. The van der Waals surface area contributed by atoms with Crippen molar-refractivity contribution in [1.82, 2.24) is 0 Å². The third kappa shape index (κ3) is 4.41. The molecular formula is C24H19N3O3S. The van der Waals surface area contributed by atoms with E-state index in [0.29, 0.717) is 27.4 Å². The molecule has 0 fully saturated rings. The van der Waals surface area contributed by atoms with Crippen LogP contribution in [-0.4, -0.2) is 16.5 Å². The van der Waals surface area contributed by atoms with Gasteiger partial charge in [-0.1, -0.05) is 53.7 Å². The van der Waals surface area contributed by atoms with Crippen LogP contribution in [0.4, 0.5) is 11.4 Å². The van der Waals surface area contributed by atoms with Crippen LogP contribution in [0.1, 0.15) is 18.1 Å². The molecule has 3 aromatic carbocycles. The number of hydrazone groups is 1. The van der Waals surface area contributed by atoms with Crippen LogP contribution in [0.25, 0.3) is 6.08 Å². The highest BCUT2D eigenvalue weighted by Crippen LogP contribution is 2.36. The number of nitro groups is 1. The lowest BCUT2D eigenvalue weighted by molar-refractivity contribution is -0.387. The van der Waals surface area contributed by atoms with Gasteiger partial charge in [0.1, 0.15) is 0 Å². The Hall–Kier alpha value is -3.71. The fourth-order valence-electron chi connectivity index (χ4n) is 3.18. The lowest BCUT2D eigenvalue weighted by Crippen LogP contribution is -2.21. The first-order chi connectivity index (χ1) is 14.9. The van der Waals surface area contributed by atoms with Crippen molar-refractivity contribution in [2.75, 3.05) is 5.01 Å². The van der Waals surface area contributed by atoms with E-state index in [2.05, 4.69) is 5.10 Å². The van der Waals surface area contributed by atoms with Gasteiger partial charge in [0.2, 0.25) is 0 Å². The number of anilines is 1. The van der Waals surface area contributed by atoms with E-state index in [0.717, 1.165) is 10.5 Å². The maximum absolute atomic E-state index is 12.9. The molecule has 0 aromatic heterocycles. The third-order valence-corrected chi connectivity index (χ3v) is 5.88. The largest absolute Gasteiger partial charge is 0.283 e. The molecule has 0 spiro atoms. The Kier molecular flexibility index (Phi) is 5.68. The molecule has 3 aromatic rings. The quantitative estimate of drug-likeness (QED) is 0.289. The van der Waals surface area contributed by atoms with Gasteiger partial charge in [0.25, 0.3) is 11.6 Å². The van der Waals surface area contributed by atoms with Gasteiger partial charge < -0.3 is 0 Å². The van der Waals surface area contributed by atoms with Crippen molar-refractivity contribution in [1.29, 1.82) is 0 Å². The van der Waals surface area contributed by atoms with E-state index < -0.39 is 4.92 Å². The Morgan fingerprint density at radius 1 is 1.00 bits per heavy atom. The minimum atomic E-state index is -0.397. The van der Waals surface area contributed by atoms with Crippen molar-refractivity contribution in [3.05, 3.63) is 99.6 Å². The van der Waals surface area contributed by atoms with Crippen LogP contribution in [0.15, 0.2) is 93.3 Å². The second kappa shape index (κ2) is 8.57. The lowest BCUT2D eigenvalue weighted by Gasteiger charge is -2.11. The molecule has 1 heterocycles. The van der Waals surface area contributed by atoms with Gasteiger partial charge in [-0.3, -0.25) is 14.9 Å². The van der Waals surface area contributed by atoms with Crippen LogP contribution in [0.3, 0.4) is 0 Å². The number of carbonyl (C=O) groups excluding carboxylic acids is 1. The molecule has 154 valence electrons. The number of para-hydroxylation sites is 1. The number of hydrogen-bond donors (Lipinski definition) is 0. The number of nitro benzene ring substituents is 1. The molecule has 0 radical (unpaired) electrons. The summed E-state index contributed by atoms with van der Waals surface area (Å²) >= 11 is 1.34. The summed E-state index contributed by atoms with van der Waals surface area (Å²) in [7, 11) is 0. The first-order valence-corrected chi connectivity index (χ1v) is 10.4. The molecular weight excluding hydrogens is 410 g/mol. The monoisotopic (exact) mass is 429 g/mol. The van der Waals surface area contributed by atoms with Gasteiger partial charge in [0, 0.05) is 11.0 Å². The lowest BCUT2D eigenvalue weighted by atomic mass is 10.1. The molecule has 0 N–H and O–H groups in total. The van der Waals surface area contributed by atoms with E-state index >= 15 is 0 Å². The highest BCUT2D eigenvalue weighted by Gasteiger charge is 2.28. The predicted molar refractivity (Wildman–Crippen MR) is 123 cm³/mol. The smallest absolute Gasteiger partial charge is 0.267 e. The van der Waals surface area contributed by atoms with Crippen molar-refractivity contribution >= 4 is 40.8 Å². The molecule has 0 aliphatic carbocycles. The van der Waals surface area contributed by atoms with Crippen LogP contribution in [0.2, 0.25) is 0 Å². The second-order valence-electron chi connectivity index (χ2n) is 7.10. The standard InChI is InChI=1S/C24H19N3O3S/c1-16-8-11-20(12-9-16)31-23-13-10-18(15-22(23)27(29)30)14-21-17(2)25-26(24(21)28)19-6-4-3-5-7-19/h3-15H,1-2H3/b21-14+. The number of benzene rings is 3. The average molecular weight is 430 g/mol. The molecule has 6 nitrogen and oxygen atoms in total. The predicted octanol–water partition coefficient (Wildman–Crippen LogP) is 5.86. The molecule has 0 atom stereocenters. The topological polar surface area (TPSA) is 75.8 Å². The highest BCUT2D eigenvalue weighted by molar-refractivity contribution is 7.99. The van der Waals surface area contributed by atoms with Gasteiger partial charge in [-0.2, -0.15) is 10.1 Å². The zero-order valence-electron chi connectivity index (χ0n) is 17.0. The molecule has 4 rings (SSSR count). The Labute approximate surface area is 184 Å². The van der Waals surface area contributed by atoms with Crippen molar-refractivity contribution in [2.45, 2.75) is 23.6 Å². The minimum Gasteiger partial charge on any atom is -0.267 e. The van der Waals surface area contributed by atoms with Crippen LogP contribution < -0.4 is 5.01 Å². The zero-order chi connectivity index (χ0) is 22.0. The number of nitrogens with zero attached hydrogens (tertiary/aromatic N) is 3. The summed E-state index contributed by atoms with van der Waals surface area (Å²) in [5.41, 5.74) is 3.36. The number of hydrogen-bond acceptors (Lipinski definition) is 5. The molecule has 1 aliphatic heterocycles. The van der Waals surface area contributed by atoms with E-state index in [4.69, 9.17) is 0 Å². The van der Waals surface area contributed by atoms with Crippen molar-refractivity contribution in [2.24, 2.45) is 5.10 Å². The molecule has 1 aliphatic rings. The summed E-state index contributed by atoms with van der Waals surface area (Å²) in [6.45, 7) is 3.75. The average Bonchev–Trinajstić information content (AvgIpc) is 3.05. The molecule has 1 amide bonds. The molecule has 0 saturated carbocycles. The summed E-state index contributed by atoms with van der Waals surface area (Å²) in [6.07, 6.45) is 1.65. The van der Waals surface area contributed by atoms with Gasteiger partial charge in [-0.15, -0.1) is 0 Å².